The zero-order valence-corrected chi connectivity index (χ0v) is 15.2. The Bertz CT molecular complexity index is 918. The fourth-order valence-electron chi connectivity index (χ4n) is 3.32. The lowest BCUT2D eigenvalue weighted by Gasteiger charge is -2.25. The minimum Gasteiger partial charge on any atom is -0.294 e. The SMILES string of the molecule is O=C1C=CC=CC1c1ccccc1P(c1ccccc1)c1ccccc1. The van der Waals surface area contributed by atoms with Crippen molar-refractivity contribution in [2.24, 2.45) is 0 Å². The van der Waals surface area contributed by atoms with Crippen LogP contribution in [0.5, 0.6) is 0 Å². The summed E-state index contributed by atoms with van der Waals surface area (Å²) in [5, 5.41) is 3.84. The molecule has 0 aliphatic heterocycles. The number of allylic oxidation sites excluding steroid dienone is 4. The maximum Gasteiger partial charge on any atom is 0.166 e. The monoisotopic (exact) mass is 354 g/mol. The molecule has 1 nitrogen and oxygen atoms in total. The Morgan fingerprint density at radius 3 is 1.85 bits per heavy atom. The van der Waals surface area contributed by atoms with E-state index in [1.54, 1.807) is 6.08 Å². The summed E-state index contributed by atoms with van der Waals surface area (Å²) in [6, 6.07) is 29.6. The third-order valence-corrected chi connectivity index (χ3v) is 7.04. The van der Waals surface area contributed by atoms with Crippen LogP contribution in [0, 0.1) is 0 Å². The van der Waals surface area contributed by atoms with Crippen LogP contribution in [0.1, 0.15) is 11.5 Å². The first kappa shape index (κ1) is 16.7. The summed E-state index contributed by atoms with van der Waals surface area (Å²) < 4.78 is 0. The van der Waals surface area contributed by atoms with Crippen molar-refractivity contribution < 1.29 is 4.79 Å². The number of carbonyl (C=O) groups excluding carboxylic acids is 1. The van der Waals surface area contributed by atoms with E-state index in [0.29, 0.717) is 0 Å². The van der Waals surface area contributed by atoms with Gasteiger partial charge in [-0.25, -0.2) is 0 Å². The Balaban J connectivity index is 1.89. The van der Waals surface area contributed by atoms with E-state index >= 15 is 0 Å². The van der Waals surface area contributed by atoms with Gasteiger partial charge in [-0.3, -0.25) is 4.79 Å². The summed E-state index contributed by atoms with van der Waals surface area (Å²) in [7, 11) is -0.721. The molecule has 4 rings (SSSR count). The van der Waals surface area contributed by atoms with E-state index in [-0.39, 0.29) is 11.7 Å². The van der Waals surface area contributed by atoms with Crippen LogP contribution < -0.4 is 15.9 Å². The summed E-state index contributed by atoms with van der Waals surface area (Å²) >= 11 is 0. The van der Waals surface area contributed by atoms with Crippen LogP contribution in [0.4, 0.5) is 0 Å². The number of ketones is 1. The smallest absolute Gasteiger partial charge is 0.166 e. The molecule has 126 valence electrons. The van der Waals surface area contributed by atoms with Crippen molar-refractivity contribution in [1.29, 1.82) is 0 Å². The zero-order chi connectivity index (χ0) is 17.8. The highest BCUT2D eigenvalue weighted by Crippen LogP contribution is 2.36. The van der Waals surface area contributed by atoms with Crippen molar-refractivity contribution >= 4 is 29.6 Å². The lowest BCUT2D eigenvalue weighted by atomic mass is 9.91. The van der Waals surface area contributed by atoms with Gasteiger partial charge in [-0.2, -0.15) is 0 Å². The molecule has 0 fully saturated rings. The van der Waals surface area contributed by atoms with Crippen molar-refractivity contribution in [3.63, 3.8) is 0 Å². The van der Waals surface area contributed by atoms with E-state index in [4.69, 9.17) is 0 Å². The summed E-state index contributed by atoms with van der Waals surface area (Å²) in [4.78, 5) is 12.5. The van der Waals surface area contributed by atoms with E-state index in [1.807, 2.05) is 36.4 Å². The summed E-state index contributed by atoms with van der Waals surface area (Å²) in [6.45, 7) is 0. The number of carbonyl (C=O) groups is 1. The second kappa shape index (κ2) is 7.64. The summed E-state index contributed by atoms with van der Waals surface area (Å²) in [6.07, 6.45) is 7.47. The van der Waals surface area contributed by atoms with E-state index in [0.717, 1.165) is 5.56 Å². The molecule has 0 saturated heterocycles. The summed E-state index contributed by atoms with van der Waals surface area (Å²) in [5.41, 5.74) is 1.11. The predicted octanol–water partition coefficient (Wildman–Crippen LogP) is 4.22. The number of benzene rings is 3. The van der Waals surface area contributed by atoms with Gasteiger partial charge in [0.25, 0.3) is 0 Å². The molecule has 3 aromatic carbocycles. The quantitative estimate of drug-likeness (QED) is 0.641. The van der Waals surface area contributed by atoms with Crippen molar-refractivity contribution in [2.75, 3.05) is 0 Å². The Morgan fingerprint density at radius 1 is 0.654 bits per heavy atom. The van der Waals surface area contributed by atoms with Crippen molar-refractivity contribution in [3.8, 4) is 0 Å². The van der Waals surface area contributed by atoms with Gasteiger partial charge in [-0.15, -0.1) is 0 Å². The standard InChI is InChI=1S/C24H19OP/c25-23-17-9-7-15-21(23)22-16-8-10-18-24(22)26(19-11-3-1-4-12-19)20-13-5-2-6-14-20/h1-18,21H. The van der Waals surface area contributed by atoms with Crippen LogP contribution >= 0.6 is 7.92 Å². The van der Waals surface area contributed by atoms with Crippen LogP contribution in [0.25, 0.3) is 0 Å². The minimum absolute atomic E-state index is 0.149. The maximum atomic E-state index is 12.5. The van der Waals surface area contributed by atoms with Gasteiger partial charge in [0.15, 0.2) is 5.78 Å². The Morgan fingerprint density at radius 2 is 1.23 bits per heavy atom. The average molecular weight is 354 g/mol. The van der Waals surface area contributed by atoms with Gasteiger partial charge in [-0.05, 0) is 35.5 Å². The third-order valence-electron chi connectivity index (χ3n) is 4.52. The predicted molar refractivity (Wildman–Crippen MR) is 111 cm³/mol. The highest BCUT2D eigenvalue weighted by atomic mass is 31.1. The lowest BCUT2D eigenvalue weighted by Crippen LogP contribution is -2.26. The molecule has 0 spiro atoms. The second-order valence-electron chi connectivity index (χ2n) is 6.19. The first-order chi connectivity index (χ1) is 12.8. The van der Waals surface area contributed by atoms with Gasteiger partial charge < -0.3 is 0 Å². The van der Waals surface area contributed by atoms with E-state index in [2.05, 4.69) is 66.7 Å². The molecule has 0 saturated carbocycles. The Kier molecular flexibility index (Phi) is 4.91. The second-order valence-corrected chi connectivity index (χ2v) is 8.37. The van der Waals surface area contributed by atoms with Gasteiger partial charge in [0.05, 0.1) is 5.92 Å². The molecular weight excluding hydrogens is 335 g/mol. The molecule has 0 heterocycles. The maximum absolute atomic E-state index is 12.5. The molecule has 1 aliphatic carbocycles. The average Bonchev–Trinajstić information content (AvgIpc) is 2.71. The largest absolute Gasteiger partial charge is 0.294 e. The van der Waals surface area contributed by atoms with Crippen LogP contribution in [0.3, 0.4) is 0 Å². The molecule has 1 atom stereocenters. The topological polar surface area (TPSA) is 17.1 Å². The molecule has 1 unspecified atom stereocenters. The van der Waals surface area contributed by atoms with E-state index < -0.39 is 7.92 Å². The van der Waals surface area contributed by atoms with Crippen molar-refractivity contribution in [3.05, 3.63) is 115 Å². The van der Waals surface area contributed by atoms with Crippen LogP contribution in [-0.4, -0.2) is 5.78 Å². The van der Waals surface area contributed by atoms with Gasteiger partial charge >= 0.3 is 0 Å². The van der Waals surface area contributed by atoms with E-state index in [9.17, 15) is 4.79 Å². The molecule has 0 amide bonds. The Labute approximate surface area is 155 Å². The van der Waals surface area contributed by atoms with Crippen LogP contribution in [-0.2, 0) is 4.79 Å². The molecule has 0 N–H and O–H groups in total. The highest BCUT2D eigenvalue weighted by molar-refractivity contribution is 7.79. The molecule has 3 aromatic rings. The summed E-state index contributed by atoms with van der Waals surface area (Å²) in [5.74, 6) is -0.0513. The molecule has 0 radical (unpaired) electrons. The third kappa shape index (κ3) is 3.31. The molecule has 2 heteroatoms. The van der Waals surface area contributed by atoms with Crippen molar-refractivity contribution in [2.45, 2.75) is 5.92 Å². The highest BCUT2D eigenvalue weighted by Gasteiger charge is 2.25. The molecule has 1 aliphatic rings. The van der Waals surface area contributed by atoms with Gasteiger partial charge in [-0.1, -0.05) is 103 Å². The molecular formula is C24H19OP. The first-order valence-electron chi connectivity index (χ1n) is 8.72. The lowest BCUT2D eigenvalue weighted by molar-refractivity contribution is -0.115. The Hall–Kier alpha value is -2.76. The normalized spacial score (nSPS) is 16.2. The molecule has 26 heavy (non-hydrogen) atoms. The number of hydrogen-bond donors (Lipinski definition) is 0. The zero-order valence-electron chi connectivity index (χ0n) is 14.3. The van der Waals surface area contributed by atoms with Gasteiger partial charge in [0.2, 0.25) is 0 Å². The van der Waals surface area contributed by atoms with E-state index in [1.165, 1.54) is 15.9 Å². The van der Waals surface area contributed by atoms with Crippen molar-refractivity contribution in [1.82, 2.24) is 0 Å². The van der Waals surface area contributed by atoms with Gasteiger partial charge in [0, 0.05) is 0 Å². The fourth-order valence-corrected chi connectivity index (χ4v) is 5.82. The first-order valence-corrected chi connectivity index (χ1v) is 10.1. The van der Waals surface area contributed by atoms with Gasteiger partial charge in [0.1, 0.15) is 0 Å². The number of hydrogen-bond acceptors (Lipinski definition) is 1. The number of rotatable bonds is 4. The molecule has 0 bridgehead atoms. The van der Waals surface area contributed by atoms with Crippen LogP contribution in [0.15, 0.2) is 109 Å². The minimum atomic E-state index is -0.721. The molecule has 0 aromatic heterocycles. The fraction of sp³-hybridized carbons (Fsp3) is 0.0417. The van der Waals surface area contributed by atoms with Crippen LogP contribution in [0.2, 0.25) is 0 Å².